The van der Waals surface area contributed by atoms with E-state index in [1.54, 1.807) is 25.3 Å². The van der Waals surface area contributed by atoms with Gasteiger partial charge >= 0.3 is 0 Å². The topological polar surface area (TPSA) is 124 Å². The Morgan fingerprint density at radius 2 is 1.88 bits per heavy atom. The second-order valence-corrected chi connectivity index (χ2v) is 5.95. The summed E-state index contributed by atoms with van der Waals surface area (Å²) in [5.41, 5.74) is 16.8. The lowest BCUT2D eigenvalue weighted by Gasteiger charge is -2.26. The number of benzene rings is 1. The number of guanidine groups is 2. The number of methoxy groups -OCH3 is 1. The van der Waals surface area contributed by atoms with Gasteiger partial charge in [-0.2, -0.15) is 4.99 Å². The summed E-state index contributed by atoms with van der Waals surface area (Å²) < 4.78 is 11.2. The summed E-state index contributed by atoms with van der Waals surface area (Å²) in [5, 5.41) is 0. The van der Waals surface area contributed by atoms with Crippen molar-refractivity contribution in [3.63, 3.8) is 0 Å². The van der Waals surface area contributed by atoms with Gasteiger partial charge in [-0.25, -0.2) is 4.99 Å². The van der Waals surface area contributed by atoms with Gasteiger partial charge in [-0.15, -0.1) is 0 Å². The van der Waals surface area contributed by atoms with Crippen LogP contribution in [0, 0.1) is 0 Å². The van der Waals surface area contributed by atoms with Crippen LogP contribution in [0.15, 0.2) is 28.2 Å². The molecule has 1 aliphatic rings. The lowest BCUT2D eigenvalue weighted by atomic mass is 10.1. The van der Waals surface area contributed by atoms with Gasteiger partial charge < -0.3 is 31.6 Å². The van der Waals surface area contributed by atoms with Crippen molar-refractivity contribution >= 4 is 17.6 Å². The molecule has 1 fully saturated rings. The molecule has 1 heterocycles. The van der Waals surface area contributed by atoms with E-state index in [4.69, 9.17) is 26.7 Å². The predicted molar refractivity (Wildman–Crippen MR) is 100 cm³/mol. The normalized spacial score (nSPS) is 15.6. The van der Waals surface area contributed by atoms with Gasteiger partial charge in [0.1, 0.15) is 0 Å². The first-order valence-corrected chi connectivity index (χ1v) is 8.55. The average molecular weight is 348 g/mol. The van der Waals surface area contributed by atoms with Crippen LogP contribution in [0.2, 0.25) is 0 Å². The third-order valence-electron chi connectivity index (χ3n) is 3.96. The first-order valence-electron chi connectivity index (χ1n) is 8.55. The summed E-state index contributed by atoms with van der Waals surface area (Å²) in [6.45, 7) is 4.12. The number of hydrogen-bond acceptors (Lipinski definition) is 4. The fourth-order valence-electron chi connectivity index (χ4n) is 2.79. The van der Waals surface area contributed by atoms with E-state index in [9.17, 15) is 0 Å². The summed E-state index contributed by atoms with van der Waals surface area (Å²) in [6, 6.07) is 5.31. The van der Waals surface area contributed by atoms with Crippen molar-refractivity contribution in [1.82, 2.24) is 4.90 Å². The summed E-state index contributed by atoms with van der Waals surface area (Å²) >= 11 is 0. The lowest BCUT2D eigenvalue weighted by Crippen LogP contribution is -2.31. The highest BCUT2D eigenvalue weighted by Gasteiger charge is 2.10. The zero-order chi connectivity index (χ0) is 18.1. The Kier molecular flexibility index (Phi) is 7.34. The van der Waals surface area contributed by atoms with Crippen LogP contribution in [0.25, 0.3) is 0 Å². The van der Waals surface area contributed by atoms with Crippen LogP contribution >= 0.6 is 0 Å². The molecule has 0 saturated carbocycles. The number of aliphatic imine (C=N–C) groups is 2. The standard InChI is InChI=1S/C17H28N6O2/c1-24-15-12-13(21-17(20)22-16(18)19)6-7-14(15)25-11-5-10-23-8-3-2-4-9-23/h6-7,12H,2-5,8-11H2,1H3,(H6,18,19,20,21,22). The highest BCUT2D eigenvalue weighted by atomic mass is 16.5. The third-order valence-corrected chi connectivity index (χ3v) is 3.96. The van der Waals surface area contributed by atoms with Gasteiger partial charge in [0.05, 0.1) is 19.4 Å². The maximum atomic E-state index is 5.84. The summed E-state index contributed by atoms with van der Waals surface area (Å²) in [7, 11) is 1.59. The minimum atomic E-state index is -0.137. The molecule has 0 atom stereocenters. The number of likely N-dealkylation sites (tertiary alicyclic amines) is 1. The van der Waals surface area contributed by atoms with E-state index in [1.165, 1.54) is 32.4 Å². The minimum absolute atomic E-state index is 0.0164. The number of rotatable bonds is 7. The molecule has 0 radical (unpaired) electrons. The van der Waals surface area contributed by atoms with Gasteiger partial charge in [-0.3, -0.25) is 0 Å². The Balaban J connectivity index is 1.89. The van der Waals surface area contributed by atoms with Crippen LogP contribution in [0.3, 0.4) is 0 Å². The van der Waals surface area contributed by atoms with Crippen LogP contribution in [0.1, 0.15) is 25.7 Å². The molecule has 0 amide bonds. The van der Waals surface area contributed by atoms with Crippen molar-refractivity contribution in [2.75, 3.05) is 33.4 Å². The molecule has 1 aromatic carbocycles. The summed E-state index contributed by atoms with van der Waals surface area (Å²) in [5.74, 6) is 1.12. The molecule has 138 valence electrons. The molecule has 0 unspecified atom stereocenters. The zero-order valence-corrected chi connectivity index (χ0v) is 14.8. The molecule has 1 aromatic rings. The zero-order valence-electron chi connectivity index (χ0n) is 14.8. The van der Waals surface area contributed by atoms with Crippen LogP contribution in [0.5, 0.6) is 11.5 Å². The van der Waals surface area contributed by atoms with Gasteiger partial charge in [0.25, 0.3) is 0 Å². The molecule has 8 nitrogen and oxygen atoms in total. The number of ether oxygens (including phenoxy) is 2. The van der Waals surface area contributed by atoms with Crippen molar-refractivity contribution in [3.05, 3.63) is 18.2 Å². The highest BCUT2D eigenvalue weighted by molar-refractivity contribution is 5.93. The molecule has 2 rings (SSSR count). The van der Waals surface area contributed by atoms with Crippen molar-refractivity contribution < 1.29 is 9.47 Å². The largest absolute Gasteiger partial charge is 0.493 e. The van der Waals surface area contributed by atoms with E-state index in [1.807, 2.05) is 0 Å². The first kappa shape index (κ1) is 18.9. The molecule has 1 saturated heterocycles. The average Bonchev–Trinajstić information content (AvgIpc) is 2.59. The van der Waals surface area contributed by atoms with Crippen LogP contribution in [0.4, 0.5) is 5.69 Å². The van der Waals surface area contributed by atoms with E-state index in [2.05, 4.69) is 14.9 Å². The molecular weight excluding hydrogens is 320 g/mol. The quantitative estimate of drug-likeness (QED) is 0.386. The van der Waals surface area contributed by atoms with Gasteiger partial charge in [0.2, 0.25) is 5.96 Å². The maximum absolute atomic E-state index is 5.84. The second-order valence-electron chi connectivity index (χ2n) is 5.95. The van der Waals surface area contributed by atoms with Crippen LogP contribution < -0.4 is 26.7 Å². The fourth-order valence-corrected chi connectivity index (χ4v) is 2.79. The van der Waals surface area contributed by atoms with Crippen molar-refractivity contribution in [1.29, 1.82) is 0 Å². The minimum Gasteiger partial charge on any atom is -0.493 e. The molecule has 0 bridgehead atoms. The Labute approximate surface area is 148 Å². The van der Waals surface area contributed by atoms with Gasteiger partial charge in [-0.1, -0.05) is 6.42 Å². The van der Waals surface area contributed by atoms with Gasteiger partial charge in [-0.05, 0) is 44.5 Å². The fraction of sp³-hybridized carbons (Fsp3) is 0.529. The second kappa shape index (κ2) is 9.73. The Bertz CT molecular complexity index is 607. The molecule has 8 heteroatoms. The van der Waals surface area contributed by atoms with E-state index in [0.29, 0.717) is 23.8 Å². The monoisotopic (exact) mass is 348 g/mol. The third kappa shape index (κ3) is 6.50. The smallest absolute Gasteiger partial charge is 0.223 e. The van der Waals surface area contributed by atoms with Crippen LogP contribution in [-0.4, -0.2) is 50.2 Å². The molecule has 0 aliphatic carbocycles. The van der Waals surface area contributed by atoms with Crippen molar-refractivity contribution in [2.24, 2.45) is 27.2 Å². The van der Waals surface area contributed by atoms with Gasteiger partial charge in [0, 0.05) is 12.6 Å². The molecule has 1 aliphatic heterocycles. The first-order chi connectivity index (χ1) is 12.1. The molecule has 25 heavy (non-hydrogen) atoms. The number of nitrogens with two attached hydrogens (primary N) is 3. The van der Waals surface area contributed by atoms with E-state index < -0.39 is 0 Å². The lowest BCUT2D eigenvalue weighted by molar-refractivity contribution is 0.203. The number of piperidine rings is 1. The molecule has 6 N–H and O–H groups in total. The Morgan fingerprint density at radius 1 is 1.12 bits per heavy atom. The van der Waals surface area contributed by atoms with Crippen LogP contribution in [-0.2, 0) is 0 Å². The highest BCUT2D eigenvalue weighted by Crippen LogP contribution is 2.31. The summed E-state index contributed by atoms with van der Waals surface area (Å²) in [6.07, 6.45) is 4.95. The predicted octanol–water partition coefficient (Wildman–Crippen LogP) is 1.17. The molecule has 0 aromatic heterocycles. The van der Waals surface area contributed by atoms with Crippen molar-refractivity contribution in [2.45, 2.75) is 25.7 Å². The SMILES string of the molecule is COc1cc(N=C(N)N=C(N)N)ccc1OCCCN1CCCCC1. The maximum Gasteiger partial charge on any atom is 0.223 e. The number of nitrogens with zero attached hydrogens (tertiary/aromatic N) is 3. The van der Waals surface area contributed by atoms with E-state index in [-0.39, 0.29) is 11.9 Å². The Morgan fingerprint density at radius 3 is 2.56 bits per heavy atom. The molecular formula is C17H28N6O2. The number of hydrogen-bond donors (Lipinski definition) is 3. The summed E-state index contributed by atoms with van der Waals surface area (Å²) in [4.78, 5) is 10.3. The van der Waals surface area contributed by atoms with Gasteiger partial charge in [0.15, 0.2) is 17.5 Å². The van der Waals surface area contributed by atoms with E-state index in [0.717, 1.165) is 13.0 Å². The molecule has 0 spiro atoms. The van der Waals surface area contributed by atoms with E-state index >= 15 is 0 Å². The Hall–Kier alpha value is -2.48. The van der Waals surface area contributed by atoms with Crippen molar-refractivity contribution in [3.8, 4) is 11.5 Å².